The minimum absolute atomic E-state index is 0.0568. The van der Waals surface area contributed by atoms with Crippen LogP contribution in [0.25, 0.3) is 10.9 Å². The van der Waals surface area contributed by atoms with Crippen molar-refractivity contribution in [3.63, 3.8) is 0 Å². The molecule has 0 aliphatic heterocycles. The summed E-state index contributed by atoms with van der Waals surface area (Å²) in [4.78, 5) is 32.2. The zero-order valence-electron chi connectivity index (χ0n) is 16.5. The van der Waals surface area contributed by atoms with Crippen molar-refractivity contribution < 1.29 is 9.53 Å². The van der Waals surface area contributed by atoms with Gasteiger partial charge in [0.05, 0.1) is 29.8 Å². The molecule has 1 heterocycles. The number of fused-ring (bicyclic) bond motifs is 1. The highest BCUT2D eigenvalue weighted by atomic mass is 32.2. The third-order valence-corrected chi connectivity index (χ3v) is 5.86. The molecule has 7 heteroatoms. The maximum Gasteiger partial charge on any atom is 0.262 e. The molecule has 1 aliphatic rings. The van der Waals surface area contributed by atoms with Crippen LogP contribution < -0.4 is 5.56 Å². The van der Waals surface area contributed by atoms with Gasteiger partial charge in [-0.15, -0.1) is 0 Å². The molecular weight excluding hydrogens is 374 g/mol. The van der Waals surface area contributed by atoms with E-state index in [9.17, 15) is 9.59 Å². The van der Waals surface area contributed by atoms with Gasteiger partial charge in [0, 0.05) is 19.4 Å². The molecule has 1 aliphatic carbocycles. The lowest BCUT2D eigenvalue weighted by Gasteiger charge is -2.26. The van der Waals surface area contributed by atoms with Gasteiger partial charge in [0.1, 0.15) is 0 Å². The molecule has 0 N–H and O–H groups in total. The fraction of sp³-hybridized carbons (Fsp3) is 0.476. The van der Waals surface area contributed by atoms with E-state index >= 15 is 0 Å². The number of thioether (sulfide) groups is 1. The molecule has 0 atom stereocenters. The first kappa shape index (κ1) is 20.6. The highest BCUT2D eigenvalue weighted by Crippen LogP contribution is 2.23. The van der Waals surface area contributed by atoms with Crippen molar-refractivity contribution in [3.05, 3.63) is 46.4 Å². The Hall–Kier alpha value is -2.12. The third kappa shape index (κ3) is 4.64. The second-order valence-electron chi connectivity index (χ2n) is 6.73. The molecule has 1 aromatic heterocycles. The Balaban J connectivity index is 1.83. The standard InChI is InChI=1S/C21H27N3O3S/c1-3-23(16-9-5-4-6-10-16)19(25)15-28-21-22-18-12-8-7-11-17(18)20(26)24(21)13-14-27-2/h7-9,11-12H,3-6,10,13-15H2,1-2H3. The van der Waals surface area contributed by atoms with Crippen LogP contribution in [-0.2, 0) is 16.1 Å². The van der Waals surface area contributed by atoms with Crippen LogP contribution >= 0.6 is 11.8 Å². The number of carbonyl (C=O) groups is 1. The molecule has 0 radical (unpaired) electrons. The largest absolute Gasteiger partial charge is 0.383 e. The first-order valence-corrected chi connectivity index (χ1v) is 10.7. The van der Waals surface area contributed by atoms with Crippen LogP contribution in [0.5, 0.6) is 0 Å². The Morgan fingerprint density at radius 2 is 2.14 bits per heavy atom. The number of hydrogen-bond acceptors (Lipinski definition) is 5. The zero-order valence-corrected chi connectivity index (χ0v) is 17.3. The molecule has 0 unspecified atom stereocenters. The number of para-hydroxylation sites is 1. The monoisotopic (exact) mass is 401 g/mol. The van der Waals surface area contributed by atoms with Crippen molar-refractivity contribution >= 4 is 28.6 Å². The van der Waals surface area contributed by atoms with Crippen LogP contribution in [0.1, 0.15) is 32.6 Å². The number of nitrogens with zero attached hydrogens (tertiary/aromatic N) is 3. The molecule has 0 spiro atoms. The summed E-state index contributed by atoms with van der Waals surface area (Å²) in [6, 6.07) is 7.30. The summed E-state index contributed by atoms with van der Waals surface area (Å²) in [6.45, 7) is 3.48. The van der Waals surface area contributed by atoms with Gasteiger partial charge in [-0.2, -0.15) is 0 Å². The van der Waals surface area contributed by atoms with E-state index in [0.29, 0.717) is 35.8 Å². The van der Waals surface area contributed by atoms with E-state index in [0.717, 1.165) is 25.0 Å². The quantitative estimate of drug-likeness (QED) is 0.501. The average molecular weight is 402 g/mol. The second kappa shape index (κ2) is 9.89. The molecule has 0 bridgehead atoms. The van der Waals surface area contributed by atoms with Crippen molar-refractivity contribution in [1.82, 2.24) is 14.5 Å². The Morgan fingerprint density at radius 3 is 2.86 bits per heavy atom. The van der Waals surface area contributed by atoms with Crippen molar-refractivity contribution in [2.75, 3.05) is 26.0 Å². The normalized spacial score (nSPS) is 14.1. The molecule has 150 valence electrons. The first-order valence-electron chi connectivity index (χ1n) is 9.76. The summed E-state index contributed by atoms with van der Waals surface area (Å²) < 4.78 is 6.76. The fourth-order valence-corrected chi connectivity index (χ4v) is 4.35. The minimum Gasteiger partial charge on any atom is -0.383 e. The van der Waals surface area contributed by atoms with Gasteiger partial charge in [0.2, 0.25) is 5.91 Å². The predicted octanol–water partition coefficient (Wildman–Crippen LogP) is 3.44. The van der Waals surface area contributed by atoms with E-state index < -0.39 is 0 Å². The van der Waals surface area contributed by atoms with Crippen molar-refractivity contribution in [2.24, 2.45) is 0 Å². The Morgan fingerprint density at radius 1 is 1.32 bits per heavy atom. The summed E-state index contributed by atoms with van der Waals surface area (Å²) >= 11 is 1.32. The second-order valence-corrected chi connectivity index (χ2v) is 7.67. The highest BCUT2D eigenvalue weighted by molar-refractivity contribution is 7.99. The van der Waals surface area contributed by atoms with Gasteiger partial charge in [-0.25, -0.2) is 4.98 Å². The molecule has 0 fully saturated rings. The summed E-state index contributed by atoms with van der Waals surface area (Å²) in [5.41, 5.74) is 1.68. The lowest BCUT2D eigenvalue weighted by molar-refractivity contribution is -0.126. The van der Waals surface area contributed by atoms with Crippen molar-refractivity contribution in [3.8, 4) is 0 Å². The van der Waals surface area contributed by atoms with Crippen LogP contribution in [0.15, 0.2) is 46.0 Å². The van der Waals surface area contributed by atoms with Crippen molar-refractivity contribution in [1.29, 1.82) is 0 Å². The van der Waals surface area contributed by atoms with Crippen LogP contribution in [0.3, 0.4) is 0 Å². The van der Waals surface area contributed by atoms with E-state index in [-0.39, 0.29) is 17.2 Å². The lowest BCUT2D eigenvalue weighted by Crippen LogP contribution is -2.32. The number of carbonyl (C=O) groups excluding carboxylic acids is 1. The molecule has 0 saturated heterocycles. The van der Waals surface area contributed by atoms with Crippen molar-refractivity contribution in [2.45, 2.75) is 44.3 Å². The lowest BCUT2D eigenvalue weighted by atomic mass is 10.0. The molecule has 3 rings (SSSR count). The van der Waals surface area contributed by atoms with Crippen LogP contribution in [-0.4, -0.2) is 46.4 Å². The number of rotatable bonds is 8. The van der Waals surface area contributed by atoms with E-state index in [1.165, 1.54) is 18.2 Å². The predicted molar refractivity (Wildman–Crippen MR) is 113 cm³/mol. The topological polar surface area (TPSA) is 64.4 Å². The molecule has 2 aromatic rings. The molecule has 1 aromatic carbocycles. The van der Waals surface area contributed by atoms with Crippen LogP contribution in [0.2, 0.25) is 0 Å². The van der Waals surface area contributed by atoms with Gasteiger partial charge >= 0.3 is 0 Å². The zero-order chi connectivity index (χ0) is 19.9. The summed E-state index contributed by atoms with van der Waals surface area (Å²) in [5.74, 6) is 0.310. The van der Waals surface area contributed by atoms with Crippen LogP contribution in [0, 0.1) is 0 Å². The molecule has 1 amide bonds. The van der Waals surface area contributed by atoms with Gasteiger partial charge in [-0.1, -0.05) is 30.0 Å². The first-order chi connectivity index (χ1) is 13.7. The van der Waals surface area contributed by atoms with Gasteiger partial charge in [-0.3, -0.25) is 14.2 Å². The van der Waals surface area contributed by atoms with E-state index in [1.807, 2.05) is 30.0 Å². The summed E-state index contributed by atoms with van der Waals surface area (Å²) in [5, 5.41) is 1.14. The number of ether oxygens (including phenoxy) is 1. The number of allylic oxidation sites excluding steroid dienone is 2. The number of methoxy groups -OCH3 is 1. The van der Waals surface area contributed by atoms with Gasteiger partial charge in [0.25, 0.3) is 5.56 Å². The summed E-state index contributed by atoms with van der Waals surface area (Å²) in [7, 11) is 1.60. The van der Waals surface area contributed by atoms with Gasteiger partial charge in [-0.05, 0) is 44.7 Å². The maximum atomic E-state index is 12.9. The molecule has 6 nitrogen and oxygen atoms in total. The Bertz CT molecular complexity index is 923. The minimum atomic E-state index is -0.0973. The van der Waals surface area contributed by atoms with E-state index in [2.05, 4.69) is 11.1 Å². The molecule has 0 saturated carbocycles. The van der Waals surface area contributed by atoms with E-state index in [1.54, 1.807) is 17.7 Å². The SMILES string of the molecule is CCN(C(=O)CSc1nc2ccccc2c(=O)n1CCOC)C1=CCCCC1. The maximum absolute atomic E-state index is 12.9. The highest BCUT2D eigenvalue weighted by Gasteiger charge is 2.19. The Kier molecular flexibility index (Phi) is 7.28. The van der Waals surface area contributed by atoms with E-state index in [4.69, 9.17) is 4.74 Å². The summed E-state index contributed by atoms with van der Waals surface area (Å²) in [6.07, 6.45) is 6.49. The number of hydrogen-bond donors (Lipinski definition) is 0. The average Bonchev–Trinajstić information content (AvgIpc) is 2.73. The van der Waals surface area contributed by atoms with Gasteiger partial charge in [0.15, 0.2) is 5.16 Å². The number of benzene rings is 1. The molecule has 28 heavy (non-hydrogen) atoms. The fourth-order valence-electron chi connectivity index (χ4n) is 3.45. The smallest absolute Gasteiger partial charge is 0.262 e. The van der Waals surface area contributed by atoms with Crippen LogP contribution in [0.4, 0.5) is 0 Å². The number of aromatic nitrogens is 2. The van der Waals surface area contributed by atoms with Gasteiger partial charge < -0.3 is 9.64 Å². The number of amides is 1. The Labute approximate surface area is 169 Å². The third-order valence-electron chi connectivity index (χ3n) is 4.90. The molecular formula is C21H27N3O3S.